The molecule has 0 bridgehead atoms. The predicted molar refractivity (Wildman–Crippen MR) is 97.0 cm³/mol. The number of rotatable bonds is 6. The summed E-state index contributed by atoms with van der Waals surface area (Å²) in [7, 11) is 0. The highest BCUT2D eigenvalue weighted by Crippen LogP contribution is 2.17. The van der Waals surface area contributed by atoms with Crippen LogP contribution >= 0.6 is 11.6 Å². The van der Waals surface area contributed by atoms with Crippen molar-refractivity contribution in [1.82, 2.24) is 9.80 Å². The zero-order valence-electron chi connectivity index (χ0n) is 14.6. The van der Waals surface area contributed by atoms with Gasteiger partial charge in [-0.05, 0) is 42.9 Å². The van der Waals surface area contributed by atoms with Gasteiger partial charge in [0.1, 0.15) is 0 Å². The normalized spacial score (nSPS) is 15.4. The fourth-order valence-electron chi connectivity index (χ4n) is 2.99. The molecule has 0 spiro atoms. The maximum atomic E-state index is 12.3. The van der Waals surface area contributed by atoms with E-state index in [1.54, 1.807) is 11.8 Å². The fraction of sp³-hybridized carbons (Fsp3) is 0.579. The van der Waals surface area contributed by atoms with E-state index in [4.69, 9.17) is 11.6 Å². The third-order valence-corrected chi connectivity index (χ3v) is 5.01. The molecule has 1 aliphatic heterocycles. The number of amides is 2. The van der Waals surface area contributed by atoms with Crippen LogP contribution in [-0.2, 0) is 16.0 Å². The molecule has 1 saturated heterocycles. The van der Waals surface area contributed by atoms with Gasteiger partial charge in [-0.2, -0.15) is 0 Å². The van der Waals surface area contributed by atoms with Crippen molar-refractivity contribution < 1.29 is 9.59 Å². The number of nitrogens with zero attached hydrogens (tertiary/aromatic N) is 2. The van der Waals surface area contributed by atoms with E-state index in [2.05, 4.69) is 6.92 Å². The minimum atomic E-state index is 0.0176. The van der Waals surface area contributed by atoms with E-state index in [1.165, 1.54) is 0 Å². The Morgan fingerprint density at radius 2 is 1.79 bits per heavy atom. The summed E-state index contributed by atoms with van der Waals surface area (Å²) in [6.45, 7) is 6.62. The number of likely N-dealkylation sites (tertiary alicyclic amines) is 1. The molecule has 0 aromatic heterocycles. The van der Waals surface area contributed by atoms with Gasteiger partial charge in [0.15, 0.2) is 0 Å². The zero-order chi connectivity index (χ0) is 17.5. The van der Waals surface area contributed by atoms with Crippen LogP contribution in [0.25, 0.3) is 0 Å². The van der Waals surface area contributed by atoms with Gasteiger partial charge in [-0.1, -0.05) is 30.7 Å². The average molecular weight is 351 g/mol. The van der Waals surface area contributed by atoms with Gasteiger partial charge in [0, 0.05) is 44.5 Å². The van der Waals surface area contributed by atoms with Crippen molar-refractivity contribution in [2.45, 2.75) is 39.5 Å². The SMILES string of the molecule is CC(=O)N(CCC(=O)N1CCC(C)CC1)CCc1ccc(Cl)cc1. The lowest BCUT2D eigenvalue weighted by molar-refractivity contribution is -0.134. The highest BCUT2D eigenvalue weighted by atomic mass is 35.5. The Balaban J connectivity index is 1.79. The highest BCUT2D eigenvalue weighted by molar-refractivity contribution is 6.30. The van der Waals surface area contributed by atoms with E-state index < -0.39 is 0 Å². The molecule has 2 rings (SSSR count). The summed E-state index contributed by atoms with van der Waals surface area (Å²) in [6, 6.07) is 7.66. The minimum Gasteiger partial charge on any atom is -0.343 e. The van der Waals surface area contributed by atoms with Crippen LogP contribution in [0.15, 0.2) is 24.3 Å². The molecule has 0 aliphatic carbocycles. The van der Waals surface area contributed by atoms with Crippen LogP contribution in [0.2, 0.25) is 5.02 Å². The summed E-state index contributed by atoms with van der Waals surface area (Å²) in [5, 5.41) is 0.712. The first-order valence-electron chi connectivity index (χ1n) is 8.73. The second-order valence-corrected chi connectivity index (χ2v) is 7.13. The van der Waals surface area contributed by atoms with Crippen molar-refractivity contribution in [2.75, 3.05) is 26.2 Å². The third-order valence-electron chi connectivity index (χ3n) is 4.76. The summed E-state index contributed by atoms with van der Waals surface area (Å²) < 4.78 is 0. The minimum absolute atomic E-state index is 0.0176. The lowest BCUT2D eigenvalue weighted by atomic mass is 9.99. The molecule has 0 saturated carbocycles. The van der Waals surface area contributed by atoms with Crippen LogP contribution in [-0.4, -0.2) is 47.8 Å². The maximum Gasteiger partial charge on any atom is 0.224 e. The van der Waals surface area contributed by atoms with Gasteiger partial charge in [0.25, 0.3) is 0 Å². The molecule has 1 aliphatic rings. The van der Waals surface area contributed by atoms with Crippen molar-refractivity contribution in [3.63, 3.8) is 0 Å². The zero-order valence-corrected chi connectivity index (χ0v) is 15.4. The van der Waals surface area contributed by atoms with Gasteiger partial charge in [0.2, 0.25) is 11.8 Å². The molecule has 1 aromatic carbocycles. The number of halogens is 1. The molecule has 2 amide bonds. The quantitative estimate of drug-likeness (QED) is 0.789. The number of piperidine rings is 1. The second kappa shape index (κ2) is 9.07. The molecule has 132 valence electrons. The molecule has 0 N–H and O–H groups in total. The first-order valence-corrected chi connectivity index (χ1v) is 9.11. The van der Waals surface area contributed by atoms with E-state index in [0.717, 1.165) is 37.9 Å². The van der Waals surface area contributed by atoms with Crippen LogP contribution in [0.4, 0.5) is 0 Å². The Morgan fingerprint density at radius 1 is 1.17 bits per heavy atom. The number of carbonyl (C=O) groups is 2. The van der Waals surface area contributed by atoms with Crippen LogP contribution in [0.3, 0.4) is 0 Å². The molecule has 5 heteroatoms. The molecule has 1 fully saturated rings. The number of benzene rings is 1. The average Bonchev–Trinajstić information content (AvgIpc) is 2.56. The molecule has 1 heterocycles. The molecule has 0 radical (unpaired) electrons. The predicted octanol–water partition coefficient (Wildman–Crippen LogP) is 3.38. The van der Waals surface area contributed by atoms with Crippen LogP contribution in [0, 0.1) is 5.92 Å². The Labute approximate surface area is 149 Å². The summed E-state index contributed by atoms with van der Waals surface area (Å²) in [4.78, 5) is 27.9. The van der Waals surface area contributed by atoms with Crippen LogP contribution < -0.4 is 0 Å². The molecule has 1 aromatic rings. The standard InChI is InChI=1S/C19H27ClN2O2/c1-15-7-11-22(12-8-15)19(24)10-14-21(16(2)23)13-9-17-3-5-18(20)6-4-17/h3-6,15H,7-14H2,1-2H3. The molecule has 4 nitrogen and oxygen atoms in total. The first-order chi connectivity index (χ1) is 11.5. The van der Waals surface area contributed by atoms with Gasteiger partial charge in [-0.15, -0.1) is 0 Å². The van der Waals surface area contributed by atoms with Crippen LogP contribution in [0.1, 0.15) is 38.7 Å². The van der Waals surface area contributed by atoms with Crippen molar-refractivity contribution in [3.05, 3.63) is 34.9 Å². The molecular weight excluding hydrogens is 324 g/mol. The summed E-state index contributed by atoms with van der Waals surface area (Å²) in [5.74, 6) is 0.894. The lowest BCUT2D eigenvalue weighted by Crippen LogP contribution is -2.40. The number of carbonyl (C=O) groups excluding carboxylic acids is 2. The van der Waals surface area contributed by atoms with Crippen molar-refractivity contribution in [2.24, 2.45) is 5.92 Å². The van der Waals surface area contributed by atoms with Crippen molar-refractivity contribution in [3.8, 4) is 0 Å². The molecular formula is C19H27ClN2O2. The van der Waals surface area contributed by atoms with Gasteiger partial charge in [-0.3, -0.25) is 9.59 Å². The molecule has 0 atom stereocenters. The molecule has 24 heavy (non-hydrogen) atoms. The first kappa shape index (κ1) is 18.8. The van der Waals surface area contributed by atoms with Crippen molar-refractivity contribution >= 4 is 23.4 Å². The Morgan fingerprint density at radius 3 is 2.38 bits per heavy atom. The van der Waals surface area contributed by atoms with Gasteiger partial charge < -0.3 is 9.80 Å². The number of hydrogen-bond donors (Lipinski definition) is 0. The third kappa shape index (κ3) is 5.82. The maximum absolute atomic E-state index is 12.3. The van der Waals surface area contributed by atoms with Crippen LogP contribution in [0.5, 0.6) is 0 Å². The van der Waals surface area contributed by atoms with E-state index in [-0.39, 0.29) is 11.8 Å². The Hall–Kier alpha value is -1.55. The summed E-state index contributed by atoms with van der Waals surface area (Å²) in [6.07, 6.45) is 3.35. The Kier molecular flexibility index (Phi) is 7.10. The second-order valence-electron chi connectivity index (χ2n) is 6.70. The highest BCUT2D eigenvalue weighted by Gasteiger charge is 2.21. The molecule has 0 unspecified atom stereocenters. The largest absolute Gasteiger partial charge is 0.343 e. The topological polar surface area (TPSA) is 40.6 Å². The number of hydrogen-bond acceptors (Lipinski definition) is 2. The van der Waals surface area contributed by atoms with Crippen molar-refractivity contribution in [1.29, 1.82) is 0 Å². The smallest absolute Gasteiger partial charge is 0.224 e. The Bertz CT molecular complexity index is 551. The fourth-order valence-corrected chi connectivity index (χ4v) is 3.11. The van der Waals surface area contributed by atoms with E-state index >= 15 is 0 Å². The van der Waals surface area contributed by atoms with Gasteiger partial charge in [-0.25, -0.2) is 0 Å². The lowest BCUT2D eigenvalue weighted by Gasteiger charge is -2.31. The summed E-state index contributed by atoms with van der Waals surface area (Å²) >= 11 is 5.89. The van der Waals surface area contributed by atoms with E-state index in [0.29, 0.717) is 30.5 Å². The van der Waals surface area contributed by atoms with E-state index in [9.17, 15) is 9.59 Å². The van der Waals surface area contributed by atoms with E-state index in [1.807, 2.05) is 29.2 Å². The van der Waals surface area contributed by atoms with Gasteiger partial charge in [0.05, 0.1) is 0 Å². The van der Waals surface area contributed by atoms with Gasteiger partial charge >= 0.3 is 0 Å². The summed E-state index contributed by atoms with van der Waals surface area (Å²) in [5.41, 5.74) is 1.14. The monoisotopic (exact) mass is 350 g/mol.